The minimum Gasteiger partial charge on any atom is -0.491 e. The van der Waals surface area contributed by atoms with Crippen molar-refractivity contribution in [1.82, 2.24) is 9.71 Å². The van der Waals surface area contributed by atoms with Crippen LogP contribution >= 0.6 is 0 Å². The number of aromatic nitrogens is 2. The minimum atomic E-state index is -0.326. The molecule has 5 nitrogen and oxygen atoms in total. The van der Waals surface area contributed by atoms with Crippen LogP contribution in [0, 0.1) is 6.07 Å². The standard InChI is InChI=1S/C13H17N2O3/c1-3-4-5-9-18-11-8-6-7-10-12(11)14-13(16)15(10)17-2/h6,8H,3-5,9H2,1-2H3,(H,14,16). The van der Waals surface area contributed by atoms with Gasteiger partial charge in [0, 0.05) is 6.07 Å². The van der Waals surface area contributed by atoms with Crippen LogP contribution in [0.3, 0.4) is 0 Å². The summed E-state index contributed by atoms with van der Waals surface area (Å²) in [4.78, 5) is 19.3. The molecule has 97 valence electrons. The van der Waals surface area contributed by atoms with E-state index in [9.17, 15) is 4.79 Å². The number of imidazole rings is 1. The maximum atomic E-state index is 11.6. The fourth-order valence-electron chi connectivity index (χ4n) is 1.84. The lowest BCUT2D eigenvalue weighted by molar-refractivity contribution is 0.168. The van der Waals surface area contributed by atoms with Crippen molar-refractivity contribution in [2.24, 2.45) is 0 Å². The van der Waals surface area contributed by atoms with E-state index in [1.807, 2.05) is 0 Å². The molecule has 1 heterocycles. The number of fused-ring (bicyclic) bond motifs is 1. The van der Waals surface area contributed by atoms with Gasteiger partial charge < -0.3 is 9.57 Å². The van der Waals surface area contributed by atoms with E-state index in [-0.39, 0.29) is 5.69 Å². The Kier molecular flexibility index (Phi) is 3.92. The fourth-order valence-corrected chi connectivity index (χ4v) is 1.84. The number of ether oxygens (including phenoxy) is 1. The quantitative estimate of drug-likeness (QED) is 0.794. The Balaban J connectivity index is 2.26. The second-order valence-corrected chi connectivity index (χ2v) is 4.03. The Morgan fingerprint density at radius 1 is 1.44 bits per heavy atom. The predicted octanol–water partition coefficient (Wildman–Crippen LogP) is 1.76. The summed E-state index contributed by atoms with van der Waals surface area (Å²) in [6.45, 7) is 2.79. The van der Waals surface area contributed by atoms with Crippen LogP contribution in [-0.4, -0.2) is 23.4 Å². The zero-order valence-electron chi connectivity index (χ0n) is 10.7. The first-order chi connectivity index (χ1) is 8.77. The first kappa shape index (κ1) is 12.5. The molecule has 2 rings (SSSR count). The SMILES string of the molecule is CCCCCOc1cc[c]c2c1[nH]c(=O)n2OC. The maximum absolute atomic E-state index is 11.6. The van der Waals surface area contributed by atoms with Crippen molar-refractivity contribution in [3.63, 3.8) is 0 Å². The molecular weight excluding hydrogens is 232 g/mol. The third-order valence-electron chi connectivity index (χ3n) is 2.75. The van der Waals surface area contributed by atoms with Gasteiger partial charge in [-0.2, -0.15) is 0 Å². The molecule has 0 unspecified atom stereocenters. The number of H-pyrrole nitrogens is 1. The Morgan fingerprint density at radius 2 is 2.28 bits per heavy atom. The average molecular weight is 249 g/mol. The third-order valence-corrected chi connectivity index (χ3v) is 2.75. The van der Waals surface area contributed by atoms with Gasteiger partial charge in [-0.25, -0.2) is 4.79 Å². The summed E-state index contributed by atoms with van der Waals surface area (Å²) >= 11 is 0. The van der Waals surface area contributed by atoms with E-state index < -0.39 is 0 Å². The molecule has 0 bridgehead atoms. The Labute approximate surface area is 105 Å². The summed E-state index contributed by atoms with van der Waals surface area (Å²) in [5.41, 5.74) is 0.865. The van der Waals surface area contributed by atoms with E-state index in [0.29, 0.717) is 23.4 Å². The lowest BCUT2D eigenvalue weighted by Crippen LogP contribution is -2.21. The van der Waals surface area contributed by atoms with E-state index in [2.05, 4.69) is 18.0 Å². The van der Waals surface area contributed by atoms with Crippen LogP contribution in [-0.2, 0) is 0 Å². The Morgan fingerprint density at radius 3 is 3.00 bits per heavy atom. The van der Waals surface area contributed by atoms with Crippen molar-refractivity contribution in [1.29, 1.82) is 0 Å². The second kappa shape index (κ2) is 5.62. The molecule has 1 N–H and O–H groups in total. The van der Waals surface area contributed by atoms with Crippen molar-refractivity contribution in [3.05, 3.63) is 28.7 Å². The summed E-state index contributed by atoms with van der Waals surface area (Å²) in [5.74, 6) is 0.660. The van der Waals surface area contributed by atoms with Crippen molar-refractivity contribution in [2.45, 2.75) is 26.2 Å². The van der Waals surface area contributed by atoms with Crippen molar-refractivity contribution in [3.8, 4) is 5.75 Å². The molecule has 0 saturated carbocycles. The van der Waals surface area contributed by atoms with Crippen molar-refractivity contribution >= 4 is 11.0 Å². The molecule has 1 radical (unpaired) electrons. The minimum absolute atomic E-state index is 0.326. The van der Waals surface area contributed by atoms with E-state index >= 15 is 0 Å². The van der Waals surface area contributed by atoms with Crippen LogP contribution in [0.4, 0.5) is 0 Å². The van der Waals surface area contributed by atoms with Gasteiger partial charge in [0.25, 0.3) is 0 Å². The lowest BCUT2D eigenvalue weighted by Gasteiger charge is -2.06. The zero-order valence-corrected chi connectivity index (χ0v) is 10.7. The van der Waals surface area contributed by atoms with Gasteiger partial charge in [0.05, 0.1) is 6.61 Å². The maximum Gasteiger partial charge on any atom is 0.359 e. The molecule has 1 aromatic heterocycles. The molecule has 5 heteroatoms. The molecule has 0 atom stereocenters. The van der Waals surface area contributed by atoms with Gasteiger partial charge in [0.15, 0.2) is 0 Å². The number of nitrogens with one attached hydrogen (secondary N) is 1. The topological polar surface area (TPSA) is 56.2 Å². The predicted molar refractivity (Wildman–Crippen MR) is 68.9 cm³/mol. The largest absolute Gasteiger partial charge is 0.491 e. The monoisotopic (exact) mass is 249 g/mol. The fraction of sp³-hybridized carbons (Fsp3) is 0.462. The highest BCUT2D eigenvalue weighted by atomic mass is 16.7. The van der Waals surface area contributed by atoms with E-state index in [0.717, 1.165) is 24.0 Å². The number of aromatic amines is 1. The first-order valence-electron chi connectivity index (χ1n) is 6.10. The summed E-state index contributed by atoms with van der Waals surface area (Å²) in [6, 6.07) is 6.48. The molecule has 18 heavy (non-hydrogen) atoms. The molecule has 0 spiro atoms. The summed E-state index contributed by atoms with van der Waals surface area (Å²) in [7, 11) is 1.44. The van der Waals surface area contributed by atoms with Gasteiger partial charge in [-0.05, 0) is 18.6 Å². The average Bonchev–Trinajstić information content (AvgIpc) is 2.70. The summed E-state index contributed by atoms with van der Waals surface area (Å²) < 4.78 is 6.84. The van der Waals surface area contributed by atoms with Gasteiger partial charge in [0.1, 0.15) is 23.9 Å². The molecule has 1 aromatic carbocycles. The molecule has 0 aliphatic rings. The zero-order chi connectivity index (χ0) is 13.0. The van der Waals surface area contributed by atoms with Crippen molar-refractivity contribution in [2.75, 3.05) is 13.7 Å². The number of hydrogen-bond acceptors (Lipinski definition) is 3. The Hall–Kier alpha value is -1.91. The molecule has 0 saturated heterocycles. The highest BCUT2D eigenvalue weighted by molar-refractivity contribution is 5.81. The van der Waals surface area contributed by atoms with Gasteiger partial charge in [-0.1, -0.05) is 19.8 Å². The van der Waals surface area contributed by atoms with E-state index in [1.165, 1.54) is 7.11 Å². The normalized spacial score (nSPS) is 10.8. The molecular formula is C13H17N2O3. The van der Waals surface area contributed by atoms with Crippen LogP contribution in [0.5, 0.6) is 5.75 Å². The molecule has 2 aromatic rings. The number of benzene rings is 1. The summed E-state index contributed by atoms with van der Waals surface area (Å²) in [6.07, 6.45) is 3.29. The third kappa shape index (κ3) is 2.34. The number of unbranched alkanes of at least 4 members (excludes halogenated alkanes) is 2. The highest BCUT2D eigenvalue weighted by Gasteiger charge is 2.11. The first-order valence-corrected chi connectivity index (χ1v) is 6.10. The smallest absolute Gasteiger partial charge is 0.359 e. The van der Waals surface area contributed by atoms with E-state index in [4.69, 9.17) is 9.57 Å². The Bertz CT molecular complexity index is 571. The highest BCUT2D eigenvalue weighted by Crippen LogP contribution is 2.22. The molecule has 0 fully saturated rings. The molecule has 0 aliphatic carbocycles. The molecule has 0 amide bonds. The van der Waals surface area contributed by atoms with Crippen molar-refractivity contribution < 1.29 is 9.57 Å². The van der Waals surface area contributed by atoms with Gasteiger partial charge in [-0.15, -0.1) is 4.73 Å². The number of rotatable bonds is 6. The van der Waals surface area contributed by atoms with Crippen LogP contribution in [0.1, 0.15) is 26.2 Å². The number of nitrogens with zero attached hydrogens (tertiary/aromatic N) is 1. The van der Waals surface area contributed by atoms with Crippen LogP contribution in [0.25, 0.3) is 11.0 Å². The summed E-state index contributed by atoms with van der Waals surface area (Å²) in [5, 5.41) is 0. The van der Waals surface area contributed by atoms with Gasteiger partial charge >= 0.3 is 5.69 Å². The second-order valence-electron chi connectivity index (χ2n) is 4.03. The van der Waals surface area contributed by atoms with Crippen LogP contribution < -0.4 is 15.3 Å². The van der Waals surface area contributed by atoms with Crippen LogP contribution in [0.15, 0.2) is 16.9 Å². The van der Waals surface area contributed by atoms with Gasteiger partial charge in [0.2, 0.25) is 0 Å². The van der Waals surface area contributed by atoms with Crippen LogP contribution in [0.2, 0.25) is 0 Å². The van der Waals surface area contributed by atoms with Gasteiger partial charge in [-0.3, -0.25) is 4.98 Å². The van der Waals surface area contributed by atoms with E-state index in [1.54, 1.807) is 12.1 Å². The number of hydrogen-bond donors (Lipinski definition) is 1. The lowest BCUT2D eigenvalue weighted by atomic mass is 10.2. The molecule has 0 aliphatic heterocycles.